The number of nitrogens with one attached hydrogen (secondary N) is 1. The summed E-state index contributed by atoms with van der Waals surface area (Å²) in [5, 5.41) is 17.6. The van der Waals surface area contributed by atoms with Crippen molar-refractivity contribution in [3.8, 4) is 22.9 Å². The van der Waals surface area contributed by atoms with Gasteiger partial charge < -0.3 is 19.9 Å². The number of phenols is 1. The third kappa shape index (κ3) is 3.09. The fourth-order valence-corrected chi connectivity index (χ4v) is 3.67. The van der Waals surface area contributed by atoms with Crippen LogP contribution in [0.1, 0.15) is 23.5 Å². The summed E-state index contributed by atoms with van der Waals surface area (Å²) in [6, 6.07) is 11.1. The Morgan fingerprint density at radius 1 is 1.18 bits per heavy atom. The number of rotatable bonds is 4. The number of hydrogen-bond donors (Lipinski definition) is 2. The fourth-order valence-electron chi connectivity index (χ4n) is 3.41. The number of fused-ring (bicyclic) bond motifs is 1. The number of amides is 1. The second kappa shape index (κ2) is 7.20. The summed E-state index contributed by atoms with van der Waals surface area (Å²) in [6.07, 6.45) is 2.02. The van der Waals surface area contributed by atoms with E-state index in [1.807, 2.05) is 24.3 Å². The van der Waals surface area contributed by atoms with Crippen LogP contribution in [0.4, 0.5) is 5.82 Å². The van der Waals surface area contributed by atoms with Crippen LogP contribution in [0.15, 0.2) is 47.1 Å². The molecule has 0 spiro atoms. The molecule has 1 atom stereocenters. The number of anilines is 1. The highest BCUT2D eigenvalue weighted by atomic mass is 79.9. The number of nitrogens with zero attached hydrogens (tertiary/aromatic N) is 2. The van der Waals surface area contributed by atoms with E-state index in [4.69, 9.17) is 9.47 Å². The average Bonchev–Trinajstić information content (AvgIpc) is 3.12. The van der Waals surface area contributed by atoms with Crippen LogP contribution in [0.5, 0.6) is 17.2 Å². The van der Waals surface area contributed by atoms with E-state index < -0.39 is 0 Å². The second-order valence-corrected chi connectivity index (χ2v) is 7.33. The summed E-state index contributed by atoms with van der Waals surface area (Å²) in [4.78, 5) is 12.4. The van der Waals surface area contributed by atoms with Crippen molar-refractivity contribution in [2.24, 2.45) is 0 Å². The summed E-state index contributed by atoms with van der Waals surface area (Å²) >= 11 is 3.42. The van der Waals surface area contributed by atoms with Gasteiger partial charge in [-0.25, -0.2) is 4.68 Å². The number of ether oxygens (including phenoxy) is 2. The molecule has 0 fully saturated rings. The van der Waals surface area contributed by atoms with Gasteiger partial charge >= 0.3 is 0 Å². The quantitative estimate of drug-likeness (QED) is 0.639. The van der Waals surface area contributed by atoms with Crippen molar-refractivity contribution in [2.75, 3.05) is 19.5 Å². The smallest absolute Gasteiger partial charge is 0.226 e. The third-order valence-corrected chi connectivity index (χ3v) is 5.32. The highest BCUT2D eigenvalue weighted by Crippen LogP contribution is 2.44. The molecular weight excluding hydrogens is 426 g/mol. The van der Waals surface area contributed by atoms with Crippen LogP contribution >= 0.6 is 15.9 Å². The first-order valence-corrected chi connectivity index (χ1v) is 9.39. The average molecular weight is 444 g/mol. The lowest BCUT2D eigenvalue weighted by atomic mass is 9.87. The summed E-state index contributed by atoms with van der Waals surface area (Å²) in [6.45, 7) is 0. The van der Waals surface area contributed by atoms with Crippen LogP contribution in [-0.2, 0) is 4.79 Å². The van der Waals surface area contributed by atoms with E-state index in [9.17, 15) is 9.90 Å². The van der Waals surface area contributed by atoms with E-state index in [1.165, 1.54) is 14.2 Å². The van der Waals surface area contributed by atoms with Gasteiger partial charge in [-0.3, -0.25) is 4.79 Å². The van der Waals surface area contributed by atoms with Crippen molar-refractivity contribution < 1.29 is 19.4 Å². The Hall–Kier alpha value is -3.00. The standard InChI is InChI=1S/C20H18BrN3O4/c1-27-16-7-11(8-17(28-2)19(16)26)14-9-18(25)23-20-15(14)10-22-24(20)13-5-3-12(21)4-6-13/h3-8,10,14,26H,9H2,1-2H3,(H,23,25)/t14-/m0/s1. The van der Waals surface area contributed by atoms with Gasteiger partial charge in [-0.05, 0) is 42.0 Å². The van der Waals surface area contributed by atoms with Gasteiger partial charge in [0.25, 0.3) is 0 Å². The van der Waals surface area contributed by atoms with Crippen LogP contribution in [0.25, 0.3) is 5.69 Å². The Kier molecular flexibility index (Phi) is 4.72. The van der Waals surface area contributed by atoms with Gasteiger partial charge in [0.05, 0.1) is 26.1 Å². The number of hydrogen-bond acceptors (Lipinski definition) is 5. The number of aromatic hydroxyl groups is 1. The molecule has 0 unspecified atom stereocenters. The molecular formula is C20H18BrN3O4. The SMILES string of the molecule is COc1cc([C@@H]2CC(=O)Nc3c2cnn3-c2ccc(Br)cc2)cc(OC)c1O. The molecule has 2 aromatic carbocycles. The first-order valence-electron chi connectivity index (χ1n) is 8.60. The molecule has 144 valence electrons. The molecule has 1 aliphatic heterocycles. The molecule has 3 aromatic rings. The molecule has 8 heteroatoms. The molecule has 0 aliphatic carbocycles. The molecule has 2 N–H and O–H groups in total. The Morgan fingerprint density at radius 2 is 1.82 bits per heavy atom. The van der Waals surface area contributed by atoms with Gasteiger partial charge in [-0.1, -0.05) is 15.9 Å². The van der Waals surface area contributed by atoms with E-state index in [1.54, 1.807) is 23.0 Å². The monoisotopic (exact) mass is 443 g/mol. The summed E-state index contributed by atoms with van der Waals surface area (Å²) in [7, 11) is 2.95. The number of aromatic nitrogens is 2. The molecule has 7 nitrogen and oxygen atoms in total. The second-order valence-electron chi connectivity index (χ2n) is 6.42. The van der Waals surface area contributed by atoms with Crippen LogP contribution < -0.4 is 14.8 Å². The molecule has 0 saturated heterocycles. The van der Waals surface area contributed by atoms with E-state index >= 15 is 0 Å². The number of methoxy groups -OCH3 is 2. The van der Waals surface area contributed by atoms with Crippen LogP contribution in [0.3, 0.4) is 0 Å². The molecule has 4 rings (SSSR count). The maximum absolute atomic E-state index is 12.4. The Morgan fingerprint density at radius 3 is 2.43 bits per heavy atom. The largest absolute Gasteiger partial charge is 0.502 e. The predicted molar refractivity (Wildman–Crippen MR) is 108 cm³/mol. The van der Waals surface area contributed by atoms with Crippen molar-refractivity contribution >= 4 is 27.7 Å². The number of halogens is 1. The molecule has 2 heterocycles. The minimum atomic E-state index is -0.239. The topological polar surface area (TPSA) is 85.6 Å². The highest BCUT2D eigenvalue weighted by Gasteiger charge is 2.31. The summed E-state index contributed by atoms with van der Waals surface area (Å²) < 4.78 is 13.2. The lowest BCUT2D eigenvalue weighted by Crippen LogP contribution is -2.24. The summed E-state index contributed by atoms with van der Waals surface area (Å²) in [5.41, 5.74) is 2.53. The van der Waals surface area contributed by atoms with Gasteiger partial charge in [0.2, 0.25) is 11.7 Å². The van der Waals surface area contributed by atoms with Crippen LogP contribution in [-0.4, -0.2) is 35.0 Å². The zero-order chi connectivity index (χ0) is 19.8. The van der Waals surface area contributed by atoms with Gasteiger partial charge in [-0.2, -0.15) is 5.10 Å². The van der Waals surface area contributed by atoms with E-state index in [0.29, 0.717) is 17.3 Å². The fraction of sp³-hybridized carbons (Fsp3) is 0.200. The third-order valence-electron chi connectivity index (χ3n) is 4.80. The van der Waals surface area contributed by atoms with E-state index in [0.717, 1.165) is 21.3 Å². The lowest BCUT2D eigenvalue weighted by molar-refractivity contribution is -0.116. The van der Waals surface area contributed by atoms with E-state index in [2.05, 4.69) is 26.3 Å². The van der Waals surface area contributed by atoms with Crippen molar-refractivity contribution in [3.05, 3.63) is 58.2 Å². The maximum atomic E-state index is 12.4. The van der Waals surface area contributed by atoms with Crippen molar-refractivity contribution in [1.29, 1.82) is 0 Å². The number of phenolic OH excluding ortho intramolecular Hbond substituents is 1. The van der Waals surface area contributed by atoms with Crippen molar-refractivity contribution in [3.63, 3.8) is 0 Å². The lowest BCUT2D eigenvalue weighted by Gasteiger charge is -2.24. The molecule has 1 aromatic heterocycles. The van der Waals surface area contributed by atoms with Crippen LogP contribution in [0, 0.1) is 0 Å². The van der Waals surface area contributed by atoms with Gasteiger partial charge in [-0.15, -0.1) is 0 Å². The van der Waals surface area contributed by atoms with Gasteiger partial charge in [0, 0.05) is 22.4 Å². The Bertz CT molecular complexity index is 1020. The highest BCUT2D eigenvalue weighted by molar-refractivity contribution is 9.10. The Labute approximate surface area is 170 Å². The predicted octanol–water partition coefficient (Wildman–Crippen LogP) is 3.83. The van der Waals surface area contributed by atoms with Crippen molar-refractivity contribution in [1.82, 2.24) is 9.78 Å². The normalized spacial score (nSPS) is 15.7. The first kappa shape index (κ1) is 18.4. The maximum Gasteiger partial charge on any atom is 0.226 e. The molecule has 1 aliphatic rings. The molecule has 0 radical (unpaired) electrons. The molecule has 1 amide bonds. The molecule has 0 bridgehead atoms. The minimum absolute atomic E-state index is 0.0696. The zero-order valence-electron chi connectivity index (χ0n) is 15.3. The van der Waals surface area contributed by atoms with Crippen molar-refractivity contribution in [2.45, 2.75) is 12.3 Å². The van der Waals surface area contributed by atoms with E-state index in [-0.39, 0.29) is 24.0 Å². The molecule has 0 saturated carbocycles. The number of benzene rings is 2. The zero-order valence-corrected chi connectivity index (χ0v) is 16.9. The van der Waals surface area contributed by atoms with Gasteiger partial charge in [0.1, 0.15) is 5.82 Å². The molecule has 28 heavy (non-hydrogen) atoms. The van der Waals surface area contributed by atoms with Crippen LogP contribution in [0.2, 0.25) is 0 Å². The summed E-state index contributed by atoms with van der Waals surface area (Å²) in [5.74, 6) is 0.803. The Balaban J connectivity index is 1.82. The van der Waals surface area contributed by atoms with Gasteiger partial charge in [0.15, 0.2) is 11.5 Å². The minimum Gasteiger partial charge on any atom is -0.502 e. The number of carbonyl (C=O) groups is 1. The first-order chi connectivity index (χ1) is 13.5. The number of carbonyl (C=O) groups excluding carboxylic acids is 1.